The Kier molecular flexibility index (Phi) is 4.95. The molecule has 0 spiro atoms. The van der Waals surface area contributed by atoms with Crippen LogP contribution < -0.4 is 4.72 Å². The number of hydrogen-bond donors (Lipinski definition) is 1. The lowest BCUT2D eigenvalue weighted by Crippen LogP contribution is -2.37. The van der Waals surface area contributed by atoms with Gasteiger partial charge in [-0.3, -0.25) is 10.1 Å². The van der Waals surface area contributed by atoms with Crippen LogP contribution in [0.15, 0.2) is 29.2 Å². The summed E-state index contributed by atoms with van der Waals surface area (Å²) in [6, 6.07) is 4.94. The predicted octanol–water partition coefficient (Wildman–Crippen LogP) is 2.84. The molecule has 0 amide bonds. The second-order valence-electron chi connectivity index (χ2n) is 5.50. The SMILES string of the molecule is CCC1CCC(NS(=O)(=O)c2ccc([N+](=O)[O-])cc2)CC1. The van der Waals surface area contributed by atoms with Gasteiger partial charge in [0.25, 0.3) is 5.69 Å². The van der Waals surface area contributed by atoms with Crippen molar-refractivity contribution in [3.8, 4) is 0 Å². The first kappa shape index (κ1) is 15.9. The van der Waals surface area contributed by atoms with Crippen molar-refractivity contribution in [2.75, 3.05) is 0 Å². The number of sulfonamides is 1. The maximum Gasteiger partial charge on any atom is 0.269 e. The molecule has 2 rings (SSSR count). The summed E-state index contributed by atoms with van der Waals surface area (Å²) in [6.45, 7) is 2.16. The third-order valence-electron chi connectivity index (χ3n) is 4.10. The summed E-state index contributed by atoms with van der Waals surface area (Å²) in [6.07, 6.45) is 4.94. The highest BCUT2D eigenvalue weighted by Crippen LogP contribution is 2.27. The molecule has 116 valence electrons. The maximum atomic E-state index is 12.3. The van der Waals surface area contributed by atoms with E-state index in [1.165, 1.54) is 24.3 Å². The van der Waals surface area contributed by atoms with E-state index in [4.69, 9.17) is 0 Å². The van der Waals surface area contributed by atoms with Gasteiger partial charge < -0.3 is 0 Å². The molecule has 1 aromatic rings. The van der Waals surface area contributed by atoms with Crippen LogP contribution in [0.4, 0.5) is 5.69 Å². The predicted molar refractivity (Wildman–Crippen MR) is 79.5 cm³/mol. The smallest absolute Gasteiger partial charge is 0.258 e. The Balaban J connectivity index is 2.03. The molecule has 0 aromatic heterocycles. The van der Waals surface area contributed by atoms with E-state index in [0.29, 0.717) is 5.92 Å². The van der Waals surface area contributed by atoms with Gasteiger partial charge in [0.15, 0.2) is 0 Å². The molecule has 1 aliphatic carbocycles. The molecule has 0 unspecified atom stereocenters. The monoisotopic (exact) mass is 312 g/mol. The van der Waals surface area contributed by atoms with Crippen molar-refractivity contribution < 1.29 is 13.3 Å². The molecule has 1 saturated carbocycles. The van der Waals surface area contributed by atoms with Crippen LogP contribution >= 0.6 is 0 Å². The quantitative estimate of drug-likeness (QED) is 0.668. The van der Waals surface area contributed by atoms with Crippen molar-refractivity contribution in [2.24, 2.45) is 5.92 Å². The summed E-state index contributed by atoms with van der Waals surface area (Å²) < 4.78 is 27.2. The Labute approximate surface area is 124 Å². The fourth-order valence-corrected chi connectivity index (χ4v) is 4.03. The second-order valence-corrected chi connectivity index (χ2v) is 7.21. The summed E-state index contributed by atoms with van der Waals surface area (Å²) in [5.41, 5.74) is -0.114. The van der Waals surface area contributed by atoms with Gasteiger partial charge in [-0.25, -0.2) is 13.1 Å². The number of hydrogen-bond acceptors (Lipinski definition) is 4. The van der Waals surface area contributed by atoms with Crippen LogP contribution in [0.2, 0.25) is 0 Å². The van der Waals surface area contributed by atoms with Crippen LogP contribution in [0.1, 0.15) is 39.0 Å². The van der Waals surface area contributed by atoms with Crippen molar-refractivity contribution in [3.63, 3.8) is 0 Å². The molecule has 1 aromatic carbocycles. The lowest BCUT2D eigenvalue weighted by atomic mass is 9.85. The minimum atomic E-state index is -3.60. The number of benzene rings is 1. The Hall–Kier alpha value is -1.47. The minimum Gasteiger partial charge on any atom is -0.258 e. The van der Waals surface area contributed by atoms with E-state index in [1.54, 1.807) is 0 Å². The highest BCUT2D eigenvalue weighted by atomic mass is 32.2. The molecule has 0 atom stereocenters. The third kappa shape index (κ3) is 4.01. The largest absolute Gasteiger partial charge is 0.269 e. The first-order valence-corrected chi connectivity index (χ1v) is 8.67. The average Bonchev–Trinajstić information content (AvgIpc) is 2.48. The van der Waals surface area contributed by atoms with Crippen LogP contribution in [0.3, 0.4) is 0 Å². The van der Waals surface area contributed by atoms with Crippen molar-refractivity contribution in [3.05, 3.63) is 34.4 Å². The molecule has 0 bridgehead atoms. The fourth-order valence-electron chi connectivity index (χ4n) is 2.72. The summed E-state index contributed by atoms with van der Waals surface area (Å²) >= 11 is 0. The Morgan fingerprint density at radius 2 is 1.76 bits per heavy atom. The summed E-state index contributed by atoms with van der Waals surface area (Å²) in [5.74, 6) is 0.699. The molecule has 1 fully saturated rings. The zero-order valence-electron chi connectivity index (χ0n) is 12.0. The second kappa shape index (κ2) is 6.53. The molecule has 0 aliphatic heterocycles. The van der Waals surface area contributed by atoms with E-state index >= 15 is 0 Å². The van der Waals surface area contributed by atoms with Gasteiger partial charge in [-0.1, -0.05) is 13.3 Å². The lowest BCUT2D eigenvalue weighted by Gasteiger charge is -2.28. The van der Waals surface area contributed by atoms with E-state index in [-0.39, 0.29) is 16.6 Å². The van der Waals surface area contributed by atoms with Crippen molar-refractivity contribution >= 4 is 15.7 Å². The first-order valence-electron chi connectivity index (χ1n) is 7.19. The van der Waals surface area contributed by atoms with Crippen LogP contribution in [0.5, 0.6) is 0 Å². The Morgan fingerprint density at radius 1 is 1.19 bits per heavy atom. The summed E-state index contributed by atoms with van der Waals surface area (Å²) in [5, 5.41) is 10.6. The molecular formula is C14H20N2O4S. The van der Waals surface area contributed by atoms with E-state index in [2.05, 4.69) is 11.6 Å². The number of rotatable bonds is 5. The third-order valence-corrected chi connectivity index (χ3v) is 5.64. The zero-order valence-corrected chi connectivity index (χ0v) is 12.8. The number of nitro benzene ring substituents is 1. The molecule has 1 N–H and O–H groups in total. The van der Waals surface area contributed by atoms with Gasteiger partial charge in [0, 0.05) is 18.2 Å². The van der Waals surface area contributed by atoms with Gasteiger partial charge in [-0.05, 0) is 43.7 Å². The molecule has 7 heteroatoms. The number of nitrogens with zero attached hydrogens (tertiary/aromatic N) is 1. The van der Waals surface area contributed by atoms with Gasteiger partial charge in [0.05, 0.1) is 9.82 Å². The molecular weight excluding hydrogens is 292 g/mol. The highest BCUT2D eigenvalue weighted by molar-refractivity contribution is 7.89. The minimum absolute atomic E-state index is 0.0343. The molecule has 21 heavy (non-hydrogen) atoms. The normalized spacial score (nSPS) is 22.9. The van der Waals surface area contributed by atoms with E-state index < -0.39 is 14.9 Å². The van der Waals surface area contributed by atoms with Gasteiger partial charge >= 0.3 is 0 Å². The van der Waals surface area contributed by atoms with Gasteiger partial charge in [0.2, 0.25) is 10.0 Å². The Morgan fingerprint density at radius 3 is 2.24 bits per heavy atom. The zero-order chi connectivity index (χ0) is 15.5. The number of nitrogens with one attached hydrogen (secondary N) is 1. The topological polar surface area (TPSA) is 89.3 Å². The van der Waals surface area contributed by atoms with Crippen LogP contribution in [-0.2, 0) is 10.0 Å². The van der Waals surface area contributed by atoms with Crippen LogP contribution in [0, 0.1) is 16.0 Å². The molecule has 1 aliphatic rings. The summed E-state index contributed by atoms with van der Waals surface area (Å²) in [7, 11) is -3.60. The molecule has 0 saturated heterocycles. The fraction of sp³-hybridized carbons (Fsp3) is 0.571. The van der Waals surface area contributed by atoms with Gasteiger partial charge in [-0.15, -0.1) is 0 Å². The van der Waals surface area contributed by atoms with Crippen molar-refractivity contribution in [1.82, 2.24) is 4.72 Å². The number of nitro groups is 1. The maximum absolute atomic E-state index is 12.3. The number of non-ortho nitro benzene ring substituents is 1. The average molecular weight is 312 g/mol. The van der Waals surface area contributed by atoms with E-state index in [0.717, 1.165) is 32.1 Å². The molecule has 6 nitrogen and oxygen atoms in total. The van der Waals surface area contributed by atoms with Crippen LogP contribution in [-0.4, -0.2) is 19.4 Å². The van der Waals surface area contributed by atoms with Crippen LogP contribution in [0.25, 0.3) is 0 Å². The van der Waals surface area contributed by atoms with Gasteiger partial charge in [0.1, 0.15) is 0 Å². The van der Waals surface area contributed by atoms with E-state index in [9.17, 15) is 18.5 Å². The van der Waals surface area contributed by atoms with Gasteiger partial charge in [-0.2, -0.15) is 0 Å². The highest BCUT2D eigenvalue weighted by Gasteiger charge is 2.25. The lowest BCUT2D eigenvalue weighted by molar-refractivity contribution is -0.384. The first-order chi connectivity index (χ1) is 9.92. The summed E-state index contributed by atoms with van der Waals surface area (Å²) in [4.78, 5) is 10.1. The van der Waals surface area contributed by atoms with Crippen molar-refractivity contribution in [2.45, 2.75) is 50.0 Å². The standard InChI is InChI=1S/C14H20N2O4S/c1-2-11-3-5-12(6-4-11)15-21(19,20)14-9-7-13(8-10-14)16(17)18/h7-12,15H,2-6H2,1H3. The molecule has 0 heterocycles. The van der Waals surface area contributed by atoms with Crippen molar-refractivity contribution in [1.29, 1.82) is 0 Å². The Bertz CT molecular complexity index is 590. The molecule has 0 radical (unpaired) electrons. The van der Waals surface area contributed by atoms with E-state index in [1.807, 2.05) is 0 Å².